The van der Waals surface area contributed by atoms with Crippen molar-refractivity contribution in [1.82, 2.24) is 5.32 Å². The zero-order valence-electron chi connectivity index (χ0n) is 15.1. The molecule has 0 spiro atoms. The Kier molecular flexibility index (Phi) is 7.01. The van der Waals surface area contributed by atoms with Crippen molar-refractivity contribution in [2.45, 2.75) is 19.3 Å². The Bertz CT molecular complexity index is 873. The smallest absolute Gasteiger partial charge is 0.224 e. The highest BCUT2D eigenvalue weighted by Gasteiger charge is 2.15. The van der Waals surface area contributed by atoms with Gasteiger partial charge in [0.1, 0.15) is 23.1 Å². The minimum Gasteiger partial charge on any atom is -0.492 e. The summed E-state index contributed by atoms with van der Waals surface area (Å²) in [5, 5.41) is 6.34. The molecule has 0 aromatic heterocycles. The van der Waals surface area contributed by atoms with Gasteiger partial charge >= 0.3 is 0 Å². The first-order valence-electron chi connectivity index (χ1n) is 8.92. The van der Waals surface area contributed by atoms with Crippen molar-refractivity contribution in [1.29, 1.82) is 0 Å². The number of hydrogen-bond donors (Lipinski definition) is 2. The van der Waals surface area contributed by atoms with Gasteiger partial charge in [0.15, 0.2) is 0 Å². The minimum atomic E-state index is -0.144. The van der Waals surface area contributed by atoms with E-state index in [1.807, 2.05) is 12.1 Å². The van der Waals surface area contributed by atoms with Crippen molar-refractivity contribution in [3.8, 4) is 11.5 Å². The quantitative estimate of drug-likeness (QED) is 0.633. The van der Waals surface area contributed by atoms with Crippen molar-refractivity contribution in [3.05, 3.63) is 52.0 Å². The van der Waals surface area contributed by atoms with Gasteiger partial charge in [-0.05, 0) is 42.3 Å². The molecule has 8 heteroatoms. The normalized spacial score (nSPS) is 12.7. The van der Waals surface area contributed by atoms with Crippen LogP contribution in [0.5, 0.6) is 11.5 Å². The van der Waals surface area contributed by atoms with Gasteiger partial charge in [-0.25, -0.2) is 0 Å². The number of hydrogen-bond acceptors (Lipinski definition) is 4. The second-order valence-electron chi connectivity index (χ2n) is 6.22. The molecule has 1 aliphatic rings. The molecule has 0 fully saturated rings. The van der Waals surface area contributed by atoms with Crippen LogP contribution in [-0.2, 0) is 16.0 Å². The lowest BCUT2D eigenvalue weighted by molar-refractivity contribution is -0.121. The van der Waals surface area contributed by atoms with Gasteiger partial charge < -0.3 is 20.1 Å². The van der Waals surface area contributed by atoms with Gasteiger partial charge in [0.05, 0.1) is 24.6 Å². The molecular weight excluding hydrogens is 403 g/mol. The predicted octanol–water partition coefficient (Wildman–Crippen LogP) is 3.84. The van der Waals surface area contributed by atoms with Gasteiger partial charge in [-0.15, -0.1) is 0 Å². The first-order valence-corrected chi connectivity index (χ1v) is 9.67. The van der Waals surface area contributed by atoms with Gasteiger partial charge in [-0.3, -0.25) is 9.59 Å². The second-order valence-corrected chi connectivity index (χ2v) is 7.00. The monoisotopic (exact) mass is 422 g/mol. The molecule has 0 saturated heterocycles. The van der Waals surface area contributed by atoms with Crippen LogP contribution < -0.4 is 20.1 Å². The molecule has 0 aliphatic carbocycles. The molecule has 28 heavy (non-hydrogen) atoms. The zero-order valence-corrected chi connectivity index (χ0v) is 16.6. The fourth-order valence-electron chi connectivity index (χ4n) is 2.75. The van der Waals surface area contributed by atoms with Crippen LogP contribution in [0, 0.1) is 0 Å². The zero-order chi connectivity index (χ0) is 19.9. The Morgan fingerprint density at radius 2 is 1.96 bits per heavy atom. The van der Waals surface area contributed by atoms with Crippen LogP contribution in [0.3, 0.4) is 0 Å². The first-order chi connectivity index (χ1) is 13.5. The third-order valence-corrected chi connectivity index (χ3v) is 4.97. The molecule has 2 aromatic rings. The predicted molar refractivity (Wildman–Crippen MR) is 108 cm³/mol. The topological polar surface area (TPSA) is 76.7 Å². The van der Waals surface area contributed by atoms with E-state index < -0.39 is 0 Å². The summed E-state index contributed by atoms with van der Waals surface area (Å²) < 4.78 is 11.1. The summed E-state index contributed by atoms with van der Waals surface area (Å²) >= 11 is 11.9. The second kappa shape index (κ2) is 9.66. The summed E-state index contributed by atoms with van der Waals surface area (Å²) in [4.78, 5) is 23.2. The van der Waals surface area contributed by atoms with Crippen molar-refractivity contribution in [3.63, 3.8) is 0 Å². The van der Waals surface area contributed by atoms with Crippen molar-refractivity contribution >= 4 is 40.7 Å². The fourth-order valence-corrected chi connectivity index (χ4v) is 3.09. The lowest BCUT2D eigenvalue weighted by atomic mass is 10.0. The van der Waals surface area contributed by atoms with Crippen molar-refractivity contribution in [2.24, 2.45) is 0 Å². The van der Waals surface area contributed by atoms with E-state index in [1.165, 1.54) is 0 Å². The summed E-state index contributed by atoms with van der Waals surface area (Å²) in [5.41, 5.74) is 1.88. The molecule has 0 saturated carbocycles. The number of amides is 2. The van der Waals surface area contributed by atoms with Gasteiger partial charge in [0.2, 0.25) is 11.8 Å². The van der Waals surface area contributed by atoms with Crippen LogP contribution >= 0.6 is 23.2 Å². The lowest BCUT2D eigenvalue weighted by Crippen LogP contribution is -2.29. The molecule has 0 unspecified atom stereocenters. The molecule has 3 rings (SSSR count). The summed E-state index contributed by atoms with van der Waals surface area (Å²) in [5.74, 6) is 1.05. The van der Waals surface area contributed by atoms with Gasteiger partial charge in [0.25, 0.3) is 0 Å². The molecular formula is C20H20Cl2N2O4. The number of rotatable bonds is 8. The largest absolute Gasteiger partial charge is 0.492 e. The van der Waals surface area contributed by atoms with Crippen molar-refractivity contribution in [2.75, 3.05) is 25.1 Å². The number of fused-ring (bicyclic) bond motifs is 1. The van der Waals surface area contributed by atoms with E-state index in [2.05, 4.69) is 10.6 Å². The highest BCUT2D eigenvalue weighted by molar-refractivity contribution is 6.42. The average molecular weight is 423 g/mol. The highest BCUT2D eigenvalue weighted by atomic mass is 35.5. The molecule has 148 valence electrons. The van der Waals surface area contributed by atoms with Crippen LogP contribution in [0.4, 0.5) is 5.69 Å². The van der Waals surface area contributed by atoms with Crippen LogP contribution in [0.15, 0.2) is 36.4 Å². The van der Waals surface area contributed by atoms with E-state index in [0.29, 0.717) is 47.5 Å². The summed E-state index contributed by atoms with van der Waals surface area (Å²) in [6.07, 6.45) is 1.38. The number of ether oxygens (including phenoxy) is 2. The number of benzene rings is 2. The van der Waals surface area contributed by atoms with E-state index in [0.717, 1.165) is 11.3 Å². The number of anilines is 1. The Labute approximate surface area is 173 Å². The third kappa shape index (κ3) is 5.53. The van der Waals surface area contributed by atoms with E-state index in [4.69, 9.17) is 32.7 Å². The number of halogens is 2. The molecule has 0 bridgehead atoms. The maximum absolute atomic E-state index is 11.9. The molecule has 1 aliphatic heterocycles. The number of aryl methyl sites for hydroxylation is 1. The number of carbonyl (C=O) groups excluding carboxylic acids is 2. The molecule has 6 nitrogen and oxygen atoms in total. The molecule has 2 aromatic carbocycles. The molecule has 0 radical (unpaired) electrons. The van der Waals surface area contributed by atoms with Crippen LogP contribution in [0.25, 0.3) is 0 Å². The van der Waals surface area contributed by atoms with E-state index in [9.17, 15) is 9.59 Å². The fraction of sp³-hybridized carbons (Fsp3) is 0.300. The minimum absolute atomic E-state index is 0.0329. The molecule has 0 atom stereocenters. The third-order valence-electron chi connectivity index (χ3n) is 4.17. The highest BCUT2D eigenvalue weighted by Crippen LogP contribution is 2.31. The van der Waals surface area contributed by atoms with Gasteiger partial charge in [0, 0.05) is 12.1 Å². The van der Waals surface area contributed by atoms with E-state index >= 15 is 0 Å². The first kappa shape index (κ1) is 20.3. The molecule has 2 N–H and O–H groups in total. The van der Waals surface area contributed by atoms with Crippen LogP contribution in [0.1, 0.15) is 18.4 Å². The summed E-state index contributed by atoms with van der Waals surface area (Å²) in [6, 6.07) is 10.6. The van der Waals surface area contributed by atoms with Crippen LogP contribution in [-0.4, -0.2) is 31.6 Å². The van der Waals surface area contributed by atoms with Crippen LogP contribution in [0.2, 0.25) is 10.0 Å². The van der Waals surface area contributed by atoms with E-state index in [1.54, 1.807) is 24.3 Å². The maximum Gasteiger partial charge on any atom is 0.224 e. The molecule has 2 amide bonds. The summed E-state index contributed by atoms with van der Waals surface area (Å²) in [7, 11) is 0. The number of nitrogens with one attached hydrogen (secondary N) is 2. The summed E-state index contributed by atoms with van der Waals surface area (Å²) in [6.45, 7) is 0.922. The van der Waals surface area contributed by atoms with Gasteiger partial charge in [-0.1, -0.05) is 29.3 Å². The standard InChI is InChI=1S/C20H20Cl2N2O4/c21-15-2-1-3-17(20(15)22)28-10-8-18(25)23-9-11-27-14-5-6-16-13(12-14)4-7-19(26)24-16/h1-3,5-6,12H,4,7-11H2,(H,23,25)(H,24,26). The van der Waals surface area contributed by atoms with Crippen molar-refractivity contribution < 1.29 is 19.1 Å². The molecule has 1 heterocycles. The SMILES string of the molecule is O=C(CCOc1cccc(Cl)c1Cl)NCCOc1ccc2c(c1)CCC(=O)N2. The Hall–Kier alpha value is -2.44. The van der Waals surface area contributed by atoms with E-state index in [-0.39, 0.29) is 24.8 Å². The Morgan fingerprint density at radius 1 is 1.11 bits per heavy atom. The Balaban J connectivity index is 1.34. The maximum atomic E-state index is 11.9. The number of carbonyl (C=O) groups is 2. The lowest BCUT2D eigenvalue weighted by Gasteiger charge is -2.17. The average Bonchev–Trinajstić information content (AvgIpc) is 2.68. The van der Waals surface area contributed by atoms with Gasteiger partial charge in [-0.2, -0.15) is 0 Å². The Morgan fingerprint density at radius 3 is 2.82 bits per heavy atom.